The van der Waals surface area contributed by atoms with E-state index in [1.54, 1.807) is 38.8 Å². The summed E-state index contributed by atoms with van der Waals surface area (Å²) in [6.45, 7) is 5.27. The Morgan fingerprint density at radius 2 is 1.26 bits per heavy atom. The first kappa shape index (κ1) is 56.0. The van der Waals surface area contributed by atoms with Crippen LogP contribution in [0.1, 0.15) is 85.1 Å². The predicted octanol–water partition coefficient (Wildman–Crippen LogP) is 12.0. The summed E-state index contributed by atoms with van der Waals surface area (Å²) in [4.78, 5) is 52.2. The molecule has 15 heteroatoms. The first-order valence-corrected chi connectivity index (χ1v) is 23.3. The molecule has 8 aromatic rings. The topological polar surface area (TPSA) is 185 Å². The number of aryl methyl sites for hydroxylation is 2. The number of fused-ring (bicyclic) bond motifs is 2. The molecule has 1 saturated heterocycles. The molecule has 4 aromatic carbocycles. The number of aromatic amines is 2. The Morgan fingerprint density at radius 1 is 0.714 bits per heavy atom. The van der Waals surface area contributed by atoms with Crippen molar-refractivity contribution in [1.82, 2.24) is 34.8 Å². The van der Waals surface area contributed by atoms with Gasteiger partial charge in [0, 0.05) is 54.4 Å². The van der Waals surface area contributed by atoms with Gasteiger partial charge in [-0.2, -0.15) is 0 Å². The van der Waals surface area contributed by atoms with Crippen LogP contribution in [0.5, 0.6) is 11.5 Å². The number of carbonyl (C=O) groups is 2. The number of methoxy groups -OCH3 is 2. The van der Waals surface area contributed by atoms with Crippen LogP contribution in [0.2, 0.25) is 0 Å². The van der Waals surface area contributed by atoms with Gasteiger partial charge in [0.05, 0.1) is 48.7 Å². The van der Waals surface area contributed by atoms with Crippen molar-refractivity contribution in [3.63, 3.8) is 0 Å². The Kier molecular flexibility index (Phi) is 22.0. The monoisotopic (exact) mass is 1070 g/mol. The van der Waals surface area contributed by atoms with Crippen molar-refractivity contribution in [2.24, 2.45) is 5.73 Å². The number of piperidine rings is 1. The van der Waals surface area contributed by atoms with Crippen molar-refractivity contribution in [2.75, 3.05) is 21.3 Å². The normalized spacial score (nSPS) is 14.3. The number of halogens is 2. The number of ketones is 2. The third kappa shape index (κ3) is 14.7. The number of nitrogens with zero attached hydrogens (tertiary/aromatic N) is 5. The number of likely N-dealkylation sites (tertiary alicyclic amines) is 1. The Balaban J connectivity index is 0.000000250. The molecule has 70 heavy (non-hydrogen) atoms. The first-order valence-electron chi connectivity index (χ1n) is 21.7. The number of carbonyl (C=O) groups excluding carboxylic acids is 2. The molecule has 2 atom stereocenters. The fourth-order valence-electron chi connectivity index (χ4n) is 7.56. The number of allylic oxidation sites excluding steroid dienone is 2. The van der Waals surface area contributed by atoms with Crippen molar-refractivity contribution in [3.05, 3.63) is 188 Å². The van der Waals surface area contributed by atoms with E-state index in [1.807, 2.05) is 97.9 Å². The van der Waals surface area contributed by atoms with Crippen LogP contribution in [0, 0.1) is 13.8 Å². The molecule has 1 fully saturated rings. The van der Waals surface area contributed by atoms with Crippen LogP contribution in [0.4, 0.5) is 0 Å². The van der Waals surface area contributed by atoms with Crippen LogP contribution in [-0.4, -0.2) is 72.8 Å². The Hall–Kier alpha value is -6.62. The highest BCUT2D eigenvalue weighted by atomic mass is 79.9. The van der Waals surface area contributed by atoms with Crippen molar-refractivity contribution in [3.8, 4) is 11.5 Å². The van der Waals surface area contributed by atoms with Crippen molar-refractivity contribution >= 4 is 77.6 Å². The zero-order valence-electron chi connectivity index (χ0n) is 38.5. The van der Waals surface area contributed by atoms with E-state index in [2.05, 4.69) is 86.8 Å². The van der Waals surface area contributed by atoms with Crippen LogP contribution in [0.3, 0.4) is 0 Å². The van der Waals surface area contributed by atoms with E-state index < -0.39 is 0 Å². The molecule has 5 heterocycles. The quantitative estimate of drug-likeness (QED) is 0.0904. The summed E-state index contributed by atoms with van der Waals surface area (Å²) in [5.41, 5.74) is 15.1. The van der Waals surface area contributed by atoms with Gasteiger partial charge in [-0.25, -0.2) is 9.97 Å². The number of hydrogen-bond donors (Lipinski definition) is 4. The average Bonchev–Trinajstić information content (AvgIpc) is 4.01. The lowest BCUT2D eigenvalue weighted by Gasteiger charge is -2.40. The SMILES string of the molecule is C.C.CO.COc1ccc(CN)cc1.COc1ccc(CN2[C@@H](c3nc4c(Br)cccc4[nH]3)CC(=O)C[C@H]2c2ncccc2C)cc1.Cc1cccnc1/C=C/C(=O)/C=C/c1nc2c(Br)cccc2[nH]1. The van der Waals surface area contributed by atoms with E-state index in [0.717, 1.165) is 89.1 Å². The molecule has 0 saturated carbocycles. The van der Waals surface area contributed by atoms with Crippen molar-refractivity contribution in [2.45, 2.75) is 66.7 Å². The molecule has 5 N–H and O–H groups in total. The summed E-state index contributed by atoms with van der Waals surface area (Å²) < 4.78 is 12.2. The first-order chi connectivity index (χ1) is 33.0. The highest BCUT2D eigenvalue weighted by Crippen LogP contribution is 2.41. The van der Waals surface area contributed by atoms with E-state index in [-0.39, 0.29) is 38.5 Å². The number of hydrogen-bond acceptors (Lipinski definition) is 11. The van der Waals surface area contributed by atoms with Gasteiger partial charge in [0.25, 0.3) is 0 Å². The Labute approximate surface area is 427 Å². The zero-order chi connectivity index (χ0) is 48.6. The lowest BCUT2D eigenvalue weighted by Crippen LogP contribution is -2.40. The van der Waals surface area contributed by atoms with Crippen molar-refractivity contribution in [1.29, 1.82) is 0 Å². The van der Waals surface area contributed by atoms with Gasteiger partial charge in [-0.3, -0.25) is 24.5 Å². The number of ether oxygens (including phenoxy) is 2. The number of aliphatic hydroxyl groups excluding tert-OH is 1. The van der Waals surface area contributed by atoms with Crippen LogP contribution in [-0.2, 0) is 22.7 Å². The average molecular weight is 1070 g/mol. The largest absolute Gasteiger partial charge is 0.497 e. The number of pyridine rings is 2. The van der Waals surface area contributed by atoms with Gasteiger partial charge in [0.2, 0.25) is 0 Å². The van der Waals surface area contributed by atoms with Gasteiger partial charge in [-0.15, -0.1) is 0 Å². The molecule has 0 unspecified atom stereocenters. The van der Waals surface area contributed by atoms with Gasteiger partial charge in [-0.05, 0) is 153 Å². The Morgan fingerprint density at radius 3 is 1.81 bits per heavy atom. The number of para-hydroxylation sites is 2. The van der Waals surface area contributed by atoms with E-state index in [9.17, 15) is 9.59 Å². The zero-order valence-corrected chi connectivity index (χ0v) is 41.7. The standard InChI is InChI=1S/C26H25BrN4O2.C18H14BrN3O.C8H11NO.CH4O.2CH4/c1-16-5-4-12-28-24(16)22-13-18(32)14-23(26-29-21-7-3-6-20(27)25(21)30-26)31(22)15-17-8-10-19(33-2)11-9-17;1-12-4-3-11-20-15(12)9-7-13(23)8-10-17-21-16-6-2-5-14(19)18(16)22-17;1-10-8-4-2-7(6-9)3-5-8;1-2;;/h3-12,22-23H,13-15H2,1-2H3,(H,29,30);2-11H,1H3,(H,21,22);2-5H,6,9H2,1H3;2H,1H3;2*1H4/b;9-7+,10-8+;;;;/t22-,23+;;;;;/m0...../s1. The smallest absolute Gasteiger partial charge is 0.178 e. The summed E-state index contributed by atoms with van der Waals surface area (Å²) in [6, 6.07) is 35.1. The second kappa shape index (κ2) is 27.5. The second-order valence-electron chi connectivity index (χ2n) is 15.5. The molecule has 0 aliphatic carbocycles. The van der Waals surface area contributed by atoms with Crippen LogP contribution >= 0.6 is 31.9 Å². The lowest BCUT2D eigenvalue weighted by molar-refractivity contribution is -0.126. The molecular formula is C55H62Br2N8O5. The highest BCUT2D eigenvalue weighted by Gasteiger charge is 2.39. The fourth-order valence-corrected chi connectivity index (χ4v) is 8.47. The van der Waals surface area contributed by atoms with Crippen LogP contribution in [0.25, 0.3) is 34.2 Å². The number of H-pyrrole nitrogens is 2. The molecule has 0 amide bonds. The molecule has 9 rings (SSSR count). The molecule has 1 aliphatic heterocycles. The summed E-state index contributed by atoms with van der Waals surface area (Å²) >= 11 is 7.06. The maximum Gasteiger partial charge on any atom is 0.178 e. The molecule has 0 spiro atoms. The number of rotatable bonds is 11. The Bertz CT molecular complexity index is 2960. The van der Waals surface area contributed by atoms with Gasteiger partial charge >= 0.3 is 0 Å². The fraction of sp³-hybridized carbons (Fsp3) is 0.236. The molecule has 0 radical (unpaired) electrons. The van der Waals surface area contributed by atoms with Crippen LogP contribution in [0.15, 0.2) is 143 Å². The second-order valence-corrected chi connectivity index (χ2v) is 17.3. The molecule has 0 bridgehead atoms. The molecule has 13 nitrogen and oxygen atoms in total. The van der Waals surface area contributed by atoms with E-state index in [0.29, 0.717) is 31.8 Å². The maximum atomic E-state index is 13.0. The minimum absolute atomic E-state index is 0. The van der Waals surface area contributed by atoms with E-state index in [4.69, 9.17) is 25.3 Å². The summed E-state index contributed by atoms with van der Waals surface area (Å²) in [5, 5.41) is 7.00. The van der Waals surface area contributed by atoms with Gasteiger partial charge < -0.3 is 30.3 Å². The number of benzene rings is 4. The number of aromatic nitrogens is 6. The summed E-state index contributed by atoms with van der Waals surface area (Å²) in [7, 11) is 4.32. The predicted molar refractivity (Wildman–Crippen MR) is 289 cm³/mol. The summed E-state index contributed by atoms with van der Waals surface area (Å²) in [5.74, 6) is 3.25. The minimum Gasteiger partial charge on any atom is -0.497 e. The van der Waals surface area contributed by atoms with Crippen LogP contribution < -0.4 is 15.2 Å². The van der Waals surface area contributed by atoms with E-state index >= 15 is 0 Å². The van der Waals surface area contributed by atoms with Gasteiger partial charge in [0.15, 0.2) is 5.78 Å². The maximum absolute atomic E-state index is 13.0. The van der Waals surface area contributed by atoms with Gasteiger partial charge in [-0.1, -0.05) is 63.4 Å². The lowest BCUT2D eigenvalue weighted by atomic mass is 9.89. The molecule has 4 aromatic heterocycles. The molecule has 366 valence electrons. The van der Waals surface area contributed by atoms with E-state index in [1.165, 1.54) is 12.2 Å². The number of Topliss-reactive ketones (excluding diaryl/α,β-unsaturated/α-hetero) is 1. The number of imidazole rings is 2. The molecule has 1 aliphatic rings. The third-order valence-corrected chi connectivity index (χ3v) is 12.3. The minimum atomic E-state index is -0.181. The van der Waals surface area contributed by atoms with Crippen molar-refractivity contribution < 1.29 is 24.2 Å². The third-order valence-electron chi connectivity index (χ3n) is 11.1. The summed E-state index contributed by atoms with van der Waals surface area (Å²) in [6.07, 6.45) is 10.7. The number of nitrogens with two attached hydrogens (primary N) is 1. The van der Waals surface area contributed by atoms with Gasteiger partial charge in [0.1, 0.15) is 40.0 Å². The number of nitrogens with one attached hydrogen (secondary N) is 2. The molecular weight excluding hydrogens is 1010 g/mol. The number of aliphatic hydroxyl groups is 1. The highest BCUT2D eigenvalue weighted by molar-refractivity contribution is 9.11.